The number of ether oxygens (including phenoxy) is 1. The lowest BCUT2D eigenvalue weighted by Crippen LogP contribution is -2.18. The van der Waals surface area contributed by atoms with Gasteiger partial charge in [-0.3, -0.25) is 0 Å². The van der Waals surface area contributed by atoms with Gasteiger partial charge in [-0.25, -0.2) is 4.98 Å². The van der Waals surface area contributed by atoms with E-state index in [-0.39, 0.29) is 0 Å². The average Bonchev–Trinajstić information content (AvgIpc) is 2.46. The van der Waals surface area contributed by atoms with E-state index in [2.05, 4.69) is 57.2 Å². The van der Waals surface area contributed by atoms with Gasteiger partial charge in [0.2, 0.25) is 0 Å². The maximum Gasteiger partial charge on any atom is 0.122 e. The van der Waals surface area contributed by atoms with Gasteiger partial charge in [-0.2, -0.15) is 0 Å². The summed E-state index contributed by atoms with van der Waals surface area (Å²) in [4.78, 5) is 4.77. The van der Waals surface area contributed by atoms with Crippen molar-refractivity contribution in [3.8, 4) is 17.0 Å². The number of aromatic nitrogens is 1. The van der Waals surface area contributed by atoms with Crippen LogP contribution < -0.4 is 4.74 Å². The smallest absolute Gasteiger partial charge is 0.122 e. The zero-order valence-electron chi connectivity index (χ0n) is 12.8. The lowest BCUT2D eigenvalue weighted by molar-refractivity contribution is 0.192. The van der Waals surface area contributed by atoms with Crippen LogP contribution in [0.4, 0.5) is 0 Å². The Kier molecular flexibility index (Phi) is 4.20. The minimum absolute atomic E-state index is 0.326. The van der Waals surface area contributed by atoms with E-state index in [0.29, 0.717) is 11.4 Å². The minimum atomic E-state index is 0.326. The molecule has 3 rings (SSSR count). The third-order valence-corrected chi connectivity index (χ3v) is 4.52. The Bertz CT molecular complexity index is 639. The van der Waals surface area contributed by atoms with Crippen molar-refractivity contribution in [1.29, 1.82) is 0 Å². The van der Waals surface area contributed by atoms with Crippen molar-refractivity contribution >= 4 is 11.8 Å². The third kappa shape index (κ3) is 3.41. The summed E-state index contributed by atoms with van der Waals surface area (Å²) in [5.74, 6) is 1.03. The monoisotopic (exact) mass is 299 g/mol. The largest absolute Gasteiger partial charge is 0.490 e. The van der Waals surface area contributed by atoms with Gasteiger partial charge in [0.1, 0.15) is 5.75 Å². The fourth-order valence-corrected chi connectivity index (χ4v) is 3.36. The Balaban J connectivity index is 1.90. The van der Waals surface area contributed by atoms with Crippen molar-refractivity contribution in [1.82, 2.24) is 4.98 Å². The fourth-order valence-electron chi connectivity index (χ4n) is 2.57. The Labute approximate surface area is 130 Å². The highest BCUT2D eigenvalue weighted by Gasteiger charge is 2.16. The molecule has 0 spiro atoms. The fraction of sp³-hybridized carbons (Fsp3) is 0.389. The first-order chi connectivity index (χ1) is 10.1. The first-order valence-electron chi connectivity index (χ1n) is 7.55. The number of hydrogen-bond donors (Lipinski definition) is 0. The standard InChI is InChI=1S/C18H21NOS/c1-12(2)21-18-6-4-5-16(19-18)14-9-10-17-15(11-14)8-7-13(3)20-17/h4-6,9-13H,7-8H2,1-3H3. The van der Waals surface area contributed by atoms with Crippen LogP contribution in [-0.2, 0) is 6.42 Å². The molecule has 110 valence electrons. The highest BCUT2D eigenvalue weighted by Crippen LogP contribution is 2.32. The second-order valence-electron chi connectivity index (χ2n) is 5.82. The van der Waals surface area contributed by atoms with Gasteiger partial charge < -0.3 is 4.74 Å². The van der Waals surface area contributed by atoms with Crippen LogP contribution in [0.2, 0.25) is 0 Å². The predicted molar refractivity (Wildman–Crippen MR) is 89.1 cm³/mol. The van der Waals surface area contributed by atoms with E-state index in [1.54, 1.807) is 11.8 Å². The van der Waals surface area contributed by atoms with Gasteiger partial charge in [0.05, 0.1) is 16.8 Å². The molecule has 3 heteroatoms. The van der Waals surface area contributed by atoms with Gasteiger partial charge in [0.15, 0.2) is 0 Å². The number of hydrogen-bond acceptors (Lipinski definition) is 3. The highest BCUT2D eigenvalue weighted by molar-refractivity contribution is 7.99. The number of nitrogens with zero attached hydrogens (tertiary/aromatic N) is 1. The van der Waals surface area contributed by atoms with Crippen LogP contribution in [0.15, 0.2) is 41.4 Å². The summed E-state index contributed by atoms with van der Waals surface area (Å²) < 4.78 is 5.87. The van der Waals surface area contributed by atoms with Gasteiger partial charge in [0.25, 0.3) is 0 Å². The molecule has 0 radical (unpaired) electrons. The predicted octanol–water partition coefficient (Wildman–Crippen LogP) is 4.96. The van der Waals surface area contributed by atoms with Crippen molar-refractivity contribution < 1.29 is 4.74 Å². The molecule has 0 fully saturated rings. The molecule has 0 saturated carbocycles. The van der Waals surface area contributed by atoms with E-state index < -0.39 is 0 Å². The number of aryl methyl sites for hydroxylation is 1. The van der Waals surface area contributed by atoms with Crippen molar-refractivity contribution in [2.75, 3.05) is 0 Å². The molecule has 1 unspecified atom stereocenters. The Morgan fingerprint density at radius 2 is 2.10 bits per heavy atom. The molecule has 21 heavy (non-hydrogen) atoms. The minimum Gasteiger partial charge on any atom is -0.490 e. The molecular weight excluding hydrogens is 278 g/mol. The maximum atomic E-state index is 5.87. The second-order valence-corrected chi connectivity index (χ2v) is 7.41. The maximum absolute atomic E-state index is 5.87. The third-order valence-electron chi connectivity index (χ3n) is 3.58. The molecule has 0 aliphatic carbocycles. The Morgan fingerprint density at radius 1 is 1.24 bits per heavy atom. The van der Waals surface area contributed by atoms with E-state index in [9.17, 15) is 0 Å². The summed E-state index contributed by atoms with van der Waals surface area (Å²) >= 11 is 1.80. The zero-order valence-corrected chi connectivity index (χ0v) is 13.6. The molecule has 1 aromatic heterocycles. The topological polar surface area (TPSA) is 22.1 Å². The Hall–Kier alpha value is -1.48. The van der Waals surface area contributed by atoms with Crippen LogP contribution in [0.3, 0.4) is 0 Å². The molecule has 0 bridgehead atoms. The number of rotatable bonds is 3. The molecule has 2 aromatic rings. The van der Waals surface area contributed by atoms with E-state index in [0.717, 1.165) is 29.3 Å². The van der Waals surface area contributed by atoms with Crippen molar-refractivity contribution in [2.24, 2.45) is 0 Å². The summed E-state index contributed by atoms with van der Waals surface area (Å²) in [6, 6.07) is 12.7. The molecule has 2 heterocycles. The van der Waals surface area contributed by atoms with Gasteiger partial charge in [-0.1, -0.05) is 19.9 Å². The van der Waals surface area contributed by atoms with Crippen LogP contribution >= 0.6 is 11.8 Å². The molecule has 1 atom stereocenters. The first kappa shape index (κ1) is 14.5. The van der Waals surface area contributed by atoms with Crippen LogP contribution in [0, 0.1) is 0 Å². The average molecular weight is 299 g/mol. The molecule has 0 amide bonds. The zero-order chi connectivity index (χ0) is 14.8. The summed E-state index contributed by atoms with van der Waals surface area (Å²) in [6.07, 6.45) is 2.50. The first-order valence-corrected chi connectivity index (χ1v) is 8.43. The number of pyridine rings is 1. The van der Waals surface area contributed by atoms with Gasteiger partial charge in [-0.05, 0) is 55.7 Å². The number of fused-ring (bicyclic) bond motifs is 1. The molecule has 0 N–H and O–H groups in total. The van der Waals surface area contributed by atoms with E-state index in [1.807, 2.05) is 0 Å². The number of thioether (sulfide) groups is 1. The molecular formula is C18H21NOS. The van der Waals surface area contributed by atoms with Crippen molar-refractivity contribution in [3.63, 3.8) is 0 Å². The number of benzene rings is 1. The quantitative estimate of drug-likeness (QED) is 0.748. The summed E-state index contributed by atoms with van der Waals surface area (Å²) in [5, 5.41) is 1.64. The Morgan fingerprint density at radius 3 is 2.90 bits per heavy atom. The summed E-state index contributed by atoms with van der Waals surface area (Å²) in [5.41, 5.74) is 3.52. The highest BCUT2D eigenvalue weighted by atomic mass is 32.2. The lowest BCUT2D eigenvalue weighted by Gasteiger charge is -2.23. The molecule has 1 aromatic carbocycles. The molecule has 0 saturated heterocycles. The van der Waals surface area contributed by atoms with Crippen LogP contribution in [0.25, 0.3) is 11.3 Å². The van der Waals surface area contributed by atoms with Crippen molar-refractivity contribution in [3.05, 3.63) is 42.0 Å². The van der Waals surface area contributed by atoms with Crippen LogP contribution in [0.1, 0.15) is 32.8 Å². The second kappa shape index (κ2) is 6.10. The van der Waals surface area contributed by atoms with Crippen LogP contribution in [0.5, 0.6) is 5.75 Å². The molecule has 1 aliphatic heterocycles. The normalized spacial score (nSPS) is 17.4. The van der Waals surface area contributed by atoms with E-state index in [1.165, 1.54) is 11.1 Å². The van der Waals surface area contributed by atoms with E-state index in [4.69, 9.17) is 9.72 Å². The molecule has 1 aliphatic rings. The SMILES string of the molecule is CC1CCc2cc(-c3cccc(SC(C)C)n3)ccc2O1. The molecule has 2 nitrogen and oxygen atoms in total. The summed E-state index contributed by atoms with van der Waals surface area (Å²) in [6.45, 7) is 6.51. The van der Waals surface area contributed by atoms with Crippen LogP contribution in [-0.4, -0.2) is 16.3 Å². The van der Waals surface area contributed by atoms with Gasteiger partial charge >= 0.3 is 0 Å². The van der Waals surface area contributed by atoms with Gasteiger partial charge in [0, 0.05) is 10.8 Å². The lowest BCUT2D eigenvalue weighted by atomic mass is 9.99. The van der Waals surface area contributed by atoms with E-state index >= 15 is 0 Å². The summed E-state index contributed by atoms with van der Waals surface area (Å²) in [7, 11) is 0. The van der Waals surface area contributed by atoms with Crippen molar-refractivity contribution in [2.45, 2.75) is 50.0 Å². The van der Waals surface area contributed by atoms with Gasteiger partial charge in [-0.15, -0.1) is 11.8 Å².